The molecule has 2 heterocycles. The lowest BCUT2D eigenvalue weighted by molar-refractivity contribution is 0.238. The van der Waals surface area contributed by atoms with Crippen LogP contribution in [0.1, 0.15) is 44.4 Å². The summed E-state index contributed by atoms with van der Waals surface area (Å²) < 4.78 is 1.85. The van der Waals surface area contributed by atoms with Crippen molar-refractivity contribution in [1.82, 2.24) is 20.1 Å². The molecule has 2 atom stereocenters. The second-order valence-corrected chi connectivity index (χ2v) is 6.92. The van der Waals surface area contributed by atoms with Crippen molar-refractivity contribution in [1.29, 1.82) is 0 Å². The molecule has 1 saturated carbocycles. The van der Waals surface area contributed by atoms with E-state index in [-0.39, 0.29) is 0 Å². The van der Waals surface area contributed by atoms with E-state index < -0.39 is 0 Å². The molecule has 0 radical (unpaired) electrons. The number of fused-ring (bicyclic) bond motifs is 1. The summed E-state index contributed by atoms with van der Waals surface area (Å²) in [6.07, 6.45) is 5.95. The standard InChI is InChI=1S/C17H26N4/c1-11-5-12(2)7-15(6-11)18-9-14-8-16-13(3)20-21(4)17(16)19-10-14/h8,10-12,15,18H,5-7,9H2,1-4H3. The van der Waals surface area contributed by atoms with Crippen molar-refractivity contribution >= 4 is 11.0 Å². The van der Waals surface area contributed by atoms with Gasteiger partial charge in [0.05, 0.1) is 5.69 Å². The van der Waals surface area contributed by atoms with Crippen LogP contribution in [-0.4, -0.2) is 20.8 Å². The normalized spacial score (nSPS) is 26.4. The van der Waals surface area contributed by atoms with Gasteiger partial charge in [-0.2, -0.15) is 5.10 Å². The molecule has 0 saturated heterocycles. The molecule has 4 nitrogen and oxygen atoms in total. The van der Waals surface area contributed by atoms with Gasteiger partial charge in [-0.15, -0.1) is 0 Å². The number of hydrogen-bond acceptors (Lipinski definition) is 3. The first kappa shape index (κ1) is 14.5. The Balaban J connectivity index is 1.69. The van der Waals surface area contributed by atoms with E-state index in [0.29, 0.717) is 6.04 Å². The van der Waals surface area contributed by atoms with E-state index in [4.69, 9.17) is 0 Å². The summed E-state index contributed by atoms with van der Waals surface area (Å²) in [5.41, 5.74) is 3.28. The van der Waals surface area contributed by atoms with E-state index in [1.807, 2.05) is 24.9 Å². The van der Waals surface area contributed by atoms with E-state index in [0.717, 1.165) is 29.7 Å². The number of nitrogens with zero attached hydrogens (tertiary/aromatic N) is 3. The van der Waals surface area contributed by atoms with Crippen molar-refractivity contribution in [3.63, 3.8) is 0 Å². The monoisotopic (exact) mass is 286 g/mol. The maximum absolute atomic E-state index is 4.56. The number of nitrogens with one attached hydrogen (secondary N) is 1. The van der Waals surface area contributed by atoms with Gasteiger partial charge in [-0.05, 0) is 49.7 Å². The zero-order valence-corrected chi connectivity index (χ0v) is 13.6. The van der Waals surface area contributed by atoms with Gasteiger partial charge in [0.15, 0.2) is 5.65 Å². The Bertz CT molecular complexity index is 621. The summed E-state index contributed by atoms with van der Waals surface area (Å²) in [6, 6.07) is 2.88. The summed E-state index contributed by atoms with van der Waals surface area (Å²) in [5, 5.41) is 9.33. The first-order valence-electron chi connectivity index (χ1n) is 8.04. The van der Waals surface area contributed by atoms with E-state index in [1.54, 1.807) is 0 Å². The van der Waals surface area contributed by atoms with Gasteiger partial charge < -0.3 is 5.32 Å². The van der Waals surface area contributed by atoms with Crippen LogP contribution in [0.4, 0.5) is 0 Å². The number of rotatable bonds is 3. The summed E-state index contributed by atoms with van der Waals surface area (Å²) in [6.45, 7) is 7.70. The zero-order valence-electron chi connectivity index (χ0n) is 13.6. The van der Waals surface area contributed by atoms with Gasteiger partial charge in [-0.25, -0.2) is 4.98 Å². The van der Waals surface area contributed by atoms with Gasteiger partial charge >= 0.3 is 0 Å². The summed E-state index contributed by atoms with van der Waals surface area (Å²) >= 11 is 0. The van der Waals surface area contributed by atoms with Crippen molar-refractivity contribution in [2.45, 2.75) is 52.6 Å². The molecule has 1 aliphatic rings. The maximum atomic E-state index is 4.56. The van der Waals surface area contributed by atoms with Gasteiger partial charge in [0.1, 0.15) is 0 Å². The smallest absolute Gasteiger partial charge is 0.157 e. The van der Waals surface area contributed by atoms with Gasteiger partial charge in [0, 0.05) is 31.2 Å². The van der Waals surface area contributed by atoms with E-state index >= 15 is 0 Å². The molecular formula is C17H26N4. The first-order chi connectivity index (χ1) is 10.0. The highest BCUT2D eigenvalue weighted by molar-refractivity contribution is 5.78. The summed E-state index contributed by atoms with van der Waals surface area (Å²) in [5.74, 6) is 1.68. The third kappa shape index (κ3) is 3.10. The van der Waals surface area contributed by atoms with Crippen molar-refractivity contribution in [3.05, 3.63) is 23.5 Å². The lowest BCUT2D eigenvalue weighted by atomic mass is 9.80. The molecule has 1 N–H and O–H groups in total. The Hall–Kier alpha value is -1.42. The van der Waals surface area contributed by atoms with Crippen LogP contribution in [0.3, 0.4) is 0 Å². The molecule has 1 aliphatic carbocycles. The Kier molecular flexibility index (Phi) is 3.98. The molecule has 0 bridgehead atoms. The van der Waals surface area contributed by atoms with Crippen molar-refractivity contribution < 1.29 is 0 Å². The molecule has 0 aromatic carbocycles. The second-order valence-electron chi connectivity index (χ2n) is 6.92. The lowest BCUT2D eigenvalue weighted by Crippen LogP contribution is -2.35. The van der Waals surface area contributed by atoms with Crippen LogP contribution in [0.25, 0.3) is 11.0 Å². The van der Waals surface area contributed by atoms with Gasteiger partial charge in [-0.3, -0.25) is 4.68 Å². The Morgan fingerprint density at radius 1 is 1.24 bits per heavy atom. The fourth-order valence-electron chi connectivity index (χ4n) is 3.82. The zero-order chi connectivity index (χ0) is 15.0. The minimum absolute atomic E-state index is 0.648. The number of hydrogen-bond donors (Lipinski definition) is 1. The quantitative estimate of drug-likeness (QED) is 0.942. The summed E-state index contributed by atoms with van der Waals surface area (Å²) in [4.78, 5) is 4.56. The lowest BCUT2D eigenvalue weighted by Gasteiger charge is -2.32. The molecule has 4 heteroatoms. The first-order valence-corrected chi connectivity index (χ1v) is 8.04. The molecule has 0 amide bonds. The van der Waals surface area contributed by atoms with Crippen LogP contribution < -0.4 is 5.32 Å². The minimum atomic E-state index is 0.648. The molecule has 0 aliphatic heterocycles. The average molecular weight is 286 g/mol. The molecule has 2 aromatic rings. The predicted molar refractivity (Wildman–Crippen MR) is 86.1 cm³/mol. The Morgan fingerprint density at radius 2 is 1.95 bits per heavy atom. The molecule has 2 unspecified atom stereocenters. The minimum Gasteiger partial charge on any atom is -0.310 e. The van der Waals surface area contributed by atoms with Gasteiger partial charge in [-0.1, -0.05) is 13.8 Å². The number of aryl methyl sites for hydroxylation is 2. The second kappa shape index (κ2) is 5.76. The molecule has 3 rings (SSSR count). The SMILES string of the molecule is Cc1nn(C)c2ncc(CNC3CC(C)CC(C)C3)cc12. The Morgan fingerprint density at radius 3 is 2.67 bits per heavy atom. The topological polar surface area (TPSA) is 42.7 Å². The maximum Gasteiger partial charge on any atom is 0.157 e. The third-order valence-electron chi connectivity index (χ3n) is 4.69. The van der Waals surface area contributed by atoms with Crippen molar-refractivity contribution in [2.75, 3.05) is 0 Å². The largest absolute Gasteiger partial charge is 0.310 e. The van der Waals surface area contributed by atoms with Crippen LogP contribution in [0.2, 0.25) is 0 Å². The average Bonchev–Trinajstić information content (AvgIpc) is 2.70. The molecule has 114 valence electrons. The highest BCUT2D eigenvalue weighted by Crippen LogP contribution is 2.28. The van der Waals surface area contributed by atoms with Crippen molar-refractivity contribution in [2.24, 2.45) is 18.9 Å². The van der Waals surface area contributed by atoms with Crippen molar-refractivity contribution in [3.8, 4) is 0 Å². The van der Waals surface area contributed by atoms with E-state index in [9.17, 15) is 0 Å². The van der Waals surface area contributed by atoms with Crippen LogP contribution in [-0.2, 0) is 13.6 Å². The number of pyridine rings is 1. The molecular weight excluding hydrogens is 260 g/mol. The van der Waals surface area contributed by atoms with Crippen LogP contribution in [0.5, 0.6) is 0 Å². The molecule has 0 spiro atoms. The van der Waals surface area contributed by atoms with Gasteiger partial charge in [0.25, 0.3) is 0 Å². The fourth-order valence-corrected chi connectivity index (χ4v) is 3.82. The highest BCUT2D eigenvalue weighted by Gasteiger charge is 2.23. The number of aromatic nitrogens is 3. The van der Waals surface area contributed by atoms with Crippen LogP contribution >= 0.6 is 0 Å². The van der Waals surface area contributed by atoms with Gasteiger partial charge in [0.2, 0.25) is 0 Å². The van der Waals surface area contributed by atoms with Crippen LogP contribution in [0.15, 0.2) is 12.3 Å². The fraction of sp³-hybridized carbons (Fsp3) is 0.647. The Labute approximate surface area is 126 Å². The van der Waals surface area contributed by atoms with E-state index in [1.165, 1.54) is 30.2 Å². The highest BCUT2D eigenvalue weighted by atomic mass is 15.3. The molecule has 1 fully saturated rings. The molecule has 21 heavy (non-hydrogen) atoms. The van der Waals surface area contributed by atoms with E-state index in [2.05, 4.69) is 35.3 Å². The predicted octanol–water partition coefficient (Wildman–Crippen LogP) is 3.19. The molecule has 2 aromatic heterocycles. The third-order valence-corrected chi connectivity index (χ3v) is 4.69. The summed E-state index contributed by atoms with van der Waals surface area (Å²) in [7, 11) is 1.95. The van der Waals surface area contributed by atoms with Crippen LogP contribution in [0, 0.1) is 18.8 Å².